The fourth-order valence-corrected chi connectivity index (χ4v) is 17.1. The summed E-state index contributed by atoms with van der Waals surface area (Å²) in [5, 5.41) is 0. The van der Waals surface area contributed by atoms with E-state index in [4.69, 9.17) is 9.97 Å². The molecule has 0 fully saturated rings. The molecule has 96 heavy (non-hydrogen) atoms. The molecule has 0 N–H and O–H groups in total. The minimum Gasteiger partial charge on any atom is -0.243 e. The van der Waals surface area contributed by atoms with Crippen LogP contribution in [0.5, 0.6) is 0 Å². The lowest BCUT2D eigenvalue weighted by molar-refractivity contribution is 0.794. The molecule has 0 aliphatic heterocycles. The monoisotopic (exact) mass is 1210 g/mol. The summed E-state index contributed by atoms with van der Waals surface area (Å²) >= 11 is 0. The highest BCUT2D eigenvalue weighted by molar-refractivity contribution is 6.04. The average molecular weight is 1220 g/mol. The number of nitrogens with zero attached hydrogens (tertiary/aromatic N) is 2. The number of hydrogen-bond donors (Lipinski definition) is 0. The standard InChI is InChI=1S/C94H58N2/c1-3-19-59(20-4-1)61-35-43-65(44-36-61)71-55-56-72(66-45-37-62(38-46-66)60-21-5-2-6-22-60)92-91(71)95-89(67-47-39-63(40-48-67)69-51-53-79-77-27-11-17-33-85(77)93(87(79)57-69)81-29-13-7-23-73(81)74-24-8-14-30-82(74)93)90(96-92)68-49-41-64(42-50-68)70-52-54-80-78-28-12-18-34-86(78)94(88(80)58-70)83-31-15-9-25-75(83)76-26-10-16-32-84(76)94/h1-58H. The minimum atomic E-state index is -0.439. The zero-order valence-electron chi connectivity index (χ0n) is 52.4. The molecule has 2 nitrogen and oxygen atoms in total. The minimum absolute atomic E-state index is 0.439. The maximum Gasteiger partial charge on any atom is 0.0979 e. The molecule has 0 saturated heterocycles. The molecule has 0 saturated carbocycles. The maximum absolute atomic E-state index is 5.95. The molecule has 1 aromatic heterocycles. The van der Waals surface area contributed by atoms with Crippen LogP contribution >= 0.6 is 0 Å². The van der Waals surface area contributed by atoms with E-state index in [9.17, 15) is 0 Å². The molecule has 2 heteroatoms. The van der Waals surface area contributed by atoms with Gasteiger partial charge in [-0.25, -0.2) is 9.97 Å². The molecule has 0 amide bonds. The summed E-state index contributed by atoms with van der Waals surface area (Å²) < 4.78 is 0. The summed E-state index contributed by atoms with van der Waals surface area (Å²) in [6.07, 6.45) is 0. The molecule has 1 heterocycles. The fraction of sp³-hybridized carbons (Fsp3) is 0.0213. The molecule has 20 rings (SSSR count). The summed E-state index contributed by atoms with van der Waals surface area (Å²) in [6, 6.07) is 130. The topological polar surface area (TPSA) is 25.8 Å². The second-order valence-corrected chi connectivity index (χ2v) is 26.1. The van der Waals surface area contributed by atoms with Gasteiger partial charge in [-0.2, -0.15) is 0 Å². The second kappa shape index (κ2) is 21.1. The van der Waals surface area contributed by atoms with E-state index in [2.05, 4.69) is 352 Å². The lowest BCUT2D eigenvalue weighted by atomic mass is 9.70. The summed E-state index contributed by atoms with van der Waals surface area (Å²) in [7, 11) is 0. The third-order valence-electron chi connectivity index (χ3n) is 21.4. The van der Waals surface area contributed by atoms with Gasteiger partial charge < -0.3 is 0 Å². The van der Waals surface area contributed by atoms with Crippen LogP contribution in [0.15, 0.2) is 352 Å². The normalized spacial score (nSPS) is 13.4. The van der Waals surface area contributed by atoms with E-state index in [0.29, 0.717) is 0 Å². The van der Waals surface area contributed by atoms with Crippen molar-refractivity contribution >= 4 is 11.0 Å². The Hall–Kier alpha value is -12.4. The van der Waals surface area contributed by atoms with Gasteiger partial charge >= 0.3 is 0 Å². The van der Waals surface area contributed by atoms with E-state index in [1.807, 2.05) is 0 Å². The Bertz CT molecular complexity index is 5360. The van der Waals surface area contributed by atoms with E-state index in [1.54, 1.807) is 0 Å². The van der Waals surface area contributed by atoms with E-state index in [1.165, 1.54) is 111 Å². The van der Waals surface area contributed by atoms with Crippen LogP contribution in [0, 0.1) is 0 Å². The molecule has 444 valence electrons. The van der Waals surface area contributed by atoms with Gasteiger partial charge in [0.15, 0.2) is 0 Å². The first-order valence-corrected chi connectivity index (χ1v) is 33.4. The molecule has 0 atom stereocenters. The zero-order valence-corrected chi connectivity index (χ0v) is 52.4. The first-order chi connectivity index (χ1) is 47.6. The number of fused-ring (bicyclic) bond motifs is 21. The van der Waals surface area contributed by atoms with Crippen molar-refractivity contribution in [2.75, 3.05) is 0 Å². The van der Waals surface area contributed by atoms with Crippen molar-refractivity contribution in [3.63, 3.8) is 0 Å². The van der Waals surface area contributed by atoms with Crippen LogP contribution in [0.3, 0.4) is 0 Å². The first-order valence-electron chi connectivity index (χ1n) is 33.4. The van der Waals surface area contributed by atoms with Crippen LogP contribution in [0.4, 0.5) is 0 Å². The van der Waals surface area contributed by atoms with Crippen molar-refractivity contribution in [2.45, 2.75) is 10.8 Å². The molecule has 15 aromatic carbocycles. The lowest BCUT2D eigenvalue weighted by Gasteiger charge is -2.30. The van der Waals surface area contributed by atoms with Crippen molar-refractivity contribution in [1.29, 1.82) is 0 Å². The molecule has 4 aliphatic carbocycles. The van der Waals surface area contributed by atoms with Gasteiger partial charge in [-0.3, -0.25) is 0 Å². The zero-order chi connectivity index (χ0) is 63.1. The average Bonchev–Trinajstić information content (AvgIpc) is 1.52. The van der Waals surface area contributed by atoms with Crippen LogP contribution in [-0.4, -0.2) is 9.97 Å². The highest BCUT2D eigenvalue weighted by Crippen LogP contribution is 2.65. The van der Waals surface area contributed by atoms with E-state index in [-0.39, 0.29) is 0 Å². The summed E-state index contributed by atoms with van der Waals surface area (Å²) in [5.41, 5.74) is 39.0. The Balaban J connectivity index is 0.757. The van der Waals surface area contributed by atoms with Gasteiger partial charge in [0.25, 0.3) is 0 Å². The molecule has 0 radical (unpaired) electrons. The summed E-state index contributed by atoms with van der Waals surface area (Å²) in [4.78, 5) is 11.9. The van der Waals surface area contributed by atoms with Crippen molar-refractivity contribution in [2.24, 2.45) is 0 Å². The van der Waals surface area contributed by atoms with Crippen LogP contribution in [0.25, 0.3) is 145 Å². The Morgan fingerprint density at radius 1 is 0.146 bits per heavy atom. The molecule has 4 aliphatic rings. The largest absolute Gasteiger partial charge is 0.243 e. The maximum atomic E-state index is 5.95. The molecule has 0 bridgehead atoms. The highest BCUT2D eigenvalue weighted by atomic mass is 14.8. The van der Waals surface area contributed by atoms with Crippen molar-refractivity contribution in [3.8, 4) is 134 Å². The van der Waals surface area contributed by atoms with Gasteiger partial charge in [-0.05, 0) is 157 Å². The number of aromatic nitrogens is 2. The van der Waals surface area contributed by atoms with Gasteiger partial charge in [-0.1, -0.05) is 340 Å². The Kier molecular flexibility index (Phi) is 11.9. The van der Waals surface area contributed by atoms with Crippen molar-refractivity contribution in [3.05, 3.63) is 396 Å². The van der Waals surface area contributed by atoms with Crippen molar-refractivity contribution < 1.29 is 0 Å². The molecule has 2 spiro atoms. The Labute approximate surface area is 558 Å². The molecular formula is C94H58N2. The van der Waals surface area contributed by atoms with Crippen molar-refractivity contribution in [1.82, 2.24) is 9.97 Å². The lowest BCUT2D eigenvalue weighted by Crippen LogP contribution is -2.25. The van der Waals surface area contributed by atoms with Gasteiger partial charge in [0.2, 0.25) is 0 Å². The van der Waals surface area contributed by atoms with Gasteiger partial charge in [0.05, 0.1) is 33.3 Å². The summed E-state index contributed by atoms with van der Waals surface area (Å²) in [6.45, 7) is 0. The Morgan fingerprint density at radius 3 is 0.656 bits per heavy atom. The van der Waals surface area contributed by atoms with E-state index < -0.39 is 10.8 Å². The van der Waals surface area contributed by atoms with Crippen LogP contribution in [0.2, 0.25) is 0 Å². The number of hydrogen-bond acceptors (Lipinski definition) is 2. The highest BCUT2D eigenvalue weighted by Gasteiger charge is 2.53. The van der Waals surface area contributed by atoms with Crippen LogP contribution in [-0.2, 0) is 10.8 Å². The second-order valence-electron chi connectivity index (χ2n) is 26.1. The van der Waals surface area contributed by atoms with Gasteiger partial charge in [0, 0.05) is 22.3 Å². The van der Waals surface area contributed by atoms with E-state index in [0.717, 1.165) is 78.1 Å². The third-order valence-corrected chi connectivity index (χ3v) is 21.4. The number of rotatable bonds is 8. The van der Waals surface area contributed by atoms with E-state index >= 15 is 0 Å². The smallest absolute Gasteiger partial charge is 0.0979 e. The summed E-state index contributed by atoms with van der Waals surface area (Å²) in [5.74, 6) is 0. The molecular weight excluding hydrogens is 1160 g/mol. The van der Waals surface area contributed by atoms with Crippen LogP contribution < -0.4 is 0 Å². The fourth-order valence-electron chi connectivity index (χ4n) is 17.1. The van der Waals surface area contributed by atoms with Gasteiger partial charge in [-0.15, -0.1) is 0 Å². The van der Waals surface area contributed by atoms with Crippen LogP contribution in [0.1, 0.15) is 44.5 Å². The Morgan fingerprint density at radius 2 is 0.354 bits per heavy atom. The first kappa shape index (κ1) is 54.2. The molecule has 16 aromatic rings. The number of benzene rings is 15. The predicted octanol–water partition coefficient (Wildman–Crippen LogP) is 23.7. The SMILES string of the molecule is c1ccc(-c2ccc(-c3ccc(-c4ccc(-c5ccccc5)cc4)c4nc(-c5ccc(-c6ccc7c(c6)C6(c8ccccc8-c8ccccc86)c6ccccc6-7)cc5)c(-c5ccc(-c6ccc7c(c6)C6(c8ccccc8-c8ccccc86)c6ccccc6-7)cc5)nc34)cc2)cc1. The quantitative estimate of drug-likeness (QED) is 0.152. The third kappa shape index (κ3) is 7.81. The predicted molar refractivity (Wildman–Crippen MR) is 396 cm³/mol. The van der Waals surface area contributed by atoms with Gasteiger partial charge in [0.1, 0.15) is 0 Å². The molecule has 0 unspecified atom stereocenters.